The summed E-state index contributed by atoms with van der Waals surface area (Å²) in [6.07, 6.45) is 0.704. The number of hydrogen-bond acceptors (Lipinski definition) is 7. The second-order valence-electron chi connectivity index (χ2n) is 4.48. The summed E-state index contributed by atoms with van der Waals surface area (Å²) >= 11 is 0. The predicted molar refractivity (Wildman–Crippen MR) is 76.1 cm³/mol. The van der Waals surface area contributed by atoms with Crippen LogP contribution in [0.15, 0.2) is 24.3 Å². The van der Waals surface area contributed by atoms with Crippen LogP contribution in [0.3, 0.4) is 0 Å². The highest BCUT2D eigenvalue weighted by Crippen LogP contribution is 2.32. The van der Waals surface area contributed by atoms with E-state index in [1.165, 1.54) is 0 Å². The Morgan fingerprint density at radius 2 is 2.10 bits per heavy atom. The number of rotatable bonds is 5. The summed E-state index contributed by atoms with van der Waals surface area (Å²) in [5.41, 5.74) is 3.48. The normalized spacial score (nSPS) is 12.3. The molecule has 0 atom stereocenters. The number of nitrogen functional groups attached to an aromatic ring is 1. The van der Waals surface area contributed by atoms with Crippen molar-refractivity contribution in [3.8, 4) is 17.4 Å². The SMILES string of the molecule is CCc1nc(NN)cc(OCc2ccc3c(c2)OCO3)n1. The molecule has 0 saturated carbocycles. The van der Waals surface area contributed by atoms with Crippen LogP contribution in [-0.4, -0.2) is 16.8 Å². The highest BCUT2D eigenvalue weighted by atomic mass is 16.7. The number of nitrogens with one attached hydrogen (secondary N) is 1. The van der Waals surface area contributed by atoms with Crippen molar-refractivity contribution in [3.05, 3.63) is 35.7 Å². The average Bonchev–Trinajstić information content (AvgIpc) is 3.00. The Kier molecular flexibility index (Phi) is 3.74. The minimum Gasteiger partial charge on any atom is -0.473 e. The number of hydrazine groups is 1. The fourth-order valence-electron chi connectivity index (χ4n) is 1.97. The van der Waals surface area contributed by atoms with Gasteiger partial charge in [-0.25, -0.2) is 10.8 Å². The minimum absolute atomic E-state index is 0.261. The van der Waals surface area contributed by atoms with Gasteiger partial charge in [-0.3, -0.25) is 0 Å². The molecular formula is C14H16N4O3. The first-order chi connectivity index (χ1) is 10.3. The largest absolute Gasteiger partial charge is 0.473 e. The standard InChI is InChI=1S/C14H16N4O3/c1-2-12-16-13(18-15)6-14(17-12)19-7-9-3-4-10-11(5-9)21-8-20-10/h3-6H,2,7-8,15H2,1H3,(H,16,17,18). The molecule has 0 saturated heterocycles. The number of benzene rings is 1. The smallest absolute Gasteiger partial charge is 0.231 e. The van der Waals surface area contributed by atoms with E-state index in [1.807, 2.05) is 25.1 Å². The second kappa shape index (κ2) is 5.84. The summed E-state index contributed by atoms with van der Waals surface area (Å²) in [6, 6.07) is 7.35. The van der Waals surface area contributed by atoms with E-state index in [4.69, 9.17) is 20.1 Å². The molecule has 3 N–H and O–H groups in total. The van der Waals surface area contributed by atoms with E-state index in [1.54, 1.807) is 6.07 Å². The van der Waals surface area contributed by atoms with E-state index in [2.05, 4.69) is 15.4 Å². The lowest BCUT2D eigenvalue weighted by atomic mass is 10.2. The molecule has 2 heterocycles. The van der Waals surface area contributed by atoms with Gasteiger partial charge in [0.25, 0.3) is 0 Å². The van der Waals surface area contributed by atoms with E-state index in [-0.39, 0.29) is 6.79 Å². The molecule has 1 aliphatic rings. The van der Waals surface area contributed by atoms with Gasteiger partial charge < -0.3 is 19.6 Å². The number of aromatic nitrogens is 2. The van der Waals surface area contributed by atoms with Crippen molar-refractivity contribution in [3.63, 3.8) is 0 Å². The third-order valence-corrected chi connectivity index (χ3v) is 3.04. The molecule has 1 aliphatic heterocycles. The van der Waals surface area contributed by atoms with Crippen molar-refractivity contribution in [1.82, 2.24) is 9.97 Å². The van der Waals surface area contributed by atoms with Gasteiger partial charge in [-0.15, -0.1) is 0 Å². The van der Waals surface area contributed by atoms with Crippen LogP contribution in [0, 0.1) is 0 Å². The fourth-order valence-corrected chi connectivity index (χ4v) is 1.97. The number of nitrogens with two attached hydrogens (primary N) is 1. The fraction of sp³-hybridized carbons (Fsp3) is 0.286. The van der Waals surface area contributed by atoms with Crippen molar-refractivity contribution < 1.29 is 14.2 Å². The zero-order valence-corrected chi connectivity index (χ0v) is 11.6. The van der Waals surface area contributed by atoms with Crippen LogP contribution < -0.4 is 25.5 Å². The summed E-state index contributed by atoms with van der Waals surface area (Å²) in [6.45, 7) is 2.61. The van der Waals surface area contributed by atoms with E-state index >= 15 is 0 Å². The van der Waals surface area contributed by atoms with Crippen molar-refractivity contribution in [2.24, 2.45) is 5.84 Å². The highest BCUT2D eigenvalue weighted by molar-refractivity contribution is 5.44. The number of anilines is 1. The van der Waals surface area contributed by atoms with E-state index < -0.39 is 0 Å². The van der Waals surface area contributed by atoms with Crippen LogP contribution in [0.4, 0.5) is 5.82 Å². The molecule has 110 valence electrons. The van der Waals surface area contributed by atoms with Gasteiger partial charge in [0.15, 0.2) is 11.5 Å². The molecule has 21 heavy (non-hydrogen) atoms. The molecule has 0 bridgehead atoms. The first-order valence-electron chi connectivity index (χ1n) is 6.64. The maximum Gasteiger partial charge on any atom is 0.231 e. The highest BCUT2D eigenvalue weighted by Gasteiger charge is 2.13. The van der Waals surface area contributed by atoms with Gasteiger partial charge in [0.05, 0.1) is 0 Å². The Hall–Kier alpha value is -2.54. The zero-order valence-electron chi connectivity index (χ0n) is 11.6. The number of hydrogen-bond donors (Lipinski definition) is 2. The summed E-state index contributed by atoms with van der Waals surface area (Å²) in [5, 5.41) is 0. The van der Waals surface area contributed by atoms with E-state index in [0.717, 1.165) is 17.1 Å². The molecule has 1 aromatic heterocycles. The van der Waals surface area contributed by atoms with Crippen LogP contribution in [-0.2, 0) is 13.0 Å². The summed E-state index contributed by atoms with van der Waals surface area (Å²) in [5.74, 6) is 8.55. The first-order valence-corrected chi connectivity index (χ1v) is 6.64. The van der Waals surface area contributed by atoms with E-state index in [0.29, 0.717) is 30.5 Å². The van der Waals surface area contributed by atoms with Crippen molar-refractivity contribution in [1.29, 1.82) is 0 Å². The lowest BCUT2D eigenvalue weighted by molar-refractivity contribution is 0.174. The van der Waals surface area contributed by atoms with Crippen LogP contribution in [0.5, 0.6) is 17.4 Å². The predicted octanol–water partition coefficient (Wildman–Crippen LogP) is 1.63. The lowest BCUT2D eigenvalue weighted by Crippen LogP contribution is -2.11. The molecule has 0 radical (unpaired) electrons. The Bertz CT molecular complexity index is 626. The molecule has 3 rings (SSSR count). The monoisotopic (exact) mass is 288 g/mol. The number of fused-ring (bicyclic) bond motifs is 1. The topological polar surface area (TPSA) is 91.5 Å². The zero-order chi connectivity index (χ0) is 14.7. The van der Waals surface area contributed by atoms with Crippen molar-refractivity contribution in [2.45, 2.75) is 20.0 Å². The Morgan fingerprint density at radius 1 is 1.24 bits per heavy atom. The van der Waals surface area contributed by atoms with Crippen molar-refractivity contribution >= 4 is 5.82 Å². The Balaban J connectivity index is 1.72. The Morgan fingerprint density at radius 3 is 2.90 bits per heavy atom. The van der Waals surface area contributed by atoms with Crippen molar-refractivity contribution in [2.75, 3.05) is 12.2 Å². The maximum atomic E-state index is 5.69. The molecule has 0 fully saturated rings. The van der Waals surface area contributed by atoms with Gasteiger partial charge >= 0.3 is 0 Å². The van der Waals surface area contributed by atoms with Crippen LogP contribution in [0.1, 0.15) is 18.3 Å². The molecular weight excluding hydrogens is 272 g/mol. The molecule has 0 amide bonds. The second-order valence-corrected chi connectivity index (χ2v) is 4.48. The summed E-state index contributed by atoms with van der Waals surface area (Å²) in [4.78, 5) is 8.51. The third kappa shape index (κ3) is 2.97. The molecule has 1 aromatic carbocycles. The van der Waals surface area contributed by atoms with Crippen LogP contribution >= 0.6 is 0 Å². The Labute approximate surface area is 122 Å². The first kappa shape index (κ1) is 13.4. The third-order valence-electron chi connectivity index (χ3n) is 3.04. The van der Waals surface area contributed by atoms with Crippen LogP contribution in [0.25, 0.3) is 0 Å². The molecule has 7 heteroatoms. The van der Waals surface area contributed by atoms with Gasteiger partial charge in [-0.2, -0.15) is 4.98 Å². The average molecular weight is 288 g/mol. The van der Waals surface area contributed by atoms with Gasteiger partial charge in [0.1, 0.15) is 18.2 Å². The molecule has 2 aromatic rings. The number of aryl methyl sites for hydroxylation is 1. The van der Waals surface area contributed by atoms with Gasteiger partial charge in [0, 0.05) is 12.5 Å². The molecule has 0 spiro atoms. The molecule has 7 nitrogen and oxygen atoms in total. The van der Waals surface area contributed by atoms with Gasteiger partial charge in [-0.05, 0) is 17.7 Å². The number of nitrogens with zero attached hydrogens (tertiary/aromatic N) is 2. The molecule has 0 unspecified atom stereocenters. The van der Waals surface area contributed by atoms with Gasteiger partial charge in [-0.1, -0.05) is 13.0 Å². The van der Waals surface area contributed by atoms with Gasteiger partial charge in [0.2, 0.25) is 12.7 Å². The summed E-state index contributed by atoms with van der Waals surface area (Å²) in [7, 11) is 0. The van der Waals surface area contributed by atoms with E-state index in [9.17, 15) is 0 Å². The molecule has 0 aliphatic carbocycles. The number of ether oxygens (including phenoxy) is 3. The lowest BCUT2D eigenvalue weighted by Gasteiger charge is -2.09. The van der Waals surface area contributed by atoms with Crippen LogP contribution in [0.2, 0.25) is 0 Å². The quantitative estimate of drug-likeness (QED) is 0.638. The summed E-state index contributed by atoms with van der Waals surface area (Å²) < 4.78 is 16.3. The maximum absolute atomic E-state index is 5.69. The minimum atomic E-state index is 0.261.